The third-order valence-corrected chi connectivity index (χ3v) is 1.80. The minimum absolute atomic E-state index is 0.208. The first-order chi connectivity index (χ1) is 6.78. The van der Waals surface area contributed by atoms with E-state index in [0.717, 1.165) is 0 Å². The maximum absolute atomic E-state index is 11.7. The smallest absolute Gasteiger partial charge is 0.355 e. The van der Waals surface area contributed by atoms with E-state index in [-0.39, 0.29) is 5.92 Å². The summed E-state index contributed by atoms with van der Waals surface area (Å²) in [6.07, 6.45) is -5.36. The van der Waals surface area contributed by atoms with Gasteiger partial charge in [-0.25, -0.2) is 0 Å². The van der Waals surface area contributed by atoms with E-state index in [0.29, 0.717) is 0 Å². The van der Waals surface area contributed by atoms with E-state index in [9.17, 15) is 18.0 Å². The second kappa shape index (κ2) is 5.59. The summed E-state index contributed by atoms with van der Waals surface area (Å²) in [6, 6.07) is 1.76. The number of carbonyl (C=O) groups excluding carboxylic acids is 1. The largest absolute Gasteiger partial charge is 0.390 e. The fourth-order valence-corrected chi connectivity index (χ4v) is 0.948. The summed E-state index contributed by atoms with van der Waals surface area (Å²) < 4.78 is 35.2. The highest BCUT2D eigenvalue weighted by Crippen LogP contribution is 2.18. The number of nitrogens with one attached hydrogen (secondary N) is 1. The minimum atomic E-state index is -4.28. The molecule has 0 saturated carbocycles. The highest BCUT2D eigenvalue weighted by molar-refractivity contribution is 5.81. The standard InChI is InChI=1S/C9H13F3N2O/c1-6(2)7(5-13)8(15)14-4-3-9(10,11)12/h6-7H,3-4H2,1-2H3,(H,14,15). The average molecular weight is 222 g/mol. The van der Waals surface area contributed by atoms with Gasteiger partial charge in [-0.2, -0.15) is 18.4 Å². The molecule has 6 heteroatoms. The molecule has 0 rings (SSSR count). The highest BCUT2D eigenvalue weighted by Gasteiger charge is 2.28. The number of carbonyl (C=O) groups is 1. The van der Waals surface area contributed by atoms with Crippen molar-refractivity contribution in [2.75, 3.05) is 6.54 Å². The van der Waals surface area contributed by atoms with Crippen LogP contribution in [0, 0.1) is 23.2 Å². The molecule has 0 saturated heterocycles. The zero-order valence-corrected chi connectivity index (χ0v) is 8.56. The Labute approximate surface area is 86.3 Å². The molecule has 0 aromatic carbocycles. The van der Waals surface area contributed by atoms with Crippen molar-refractivity contribution in [3.05, 3.63) is 0 Å². The van der Waals surface area contributed by atoms with Gasteiger partial charge in [-0.1, -0.05) is 13.8 Å². The summed E-state index contributed by atoms with van der Waals surface area (Å²) >= 11 is 0. The molecule has 0 bridgehead atoms. The van der Waals surface area contributed by atoms with Crippen LogP contribution >= 0.6 is 0 Å². The Morgan fingerprint density at radius 1 is 1.47 bits per heavy atom. The molecule has 0 fully saturated rings. The zero-order valence-electron chi connectivity index (χ0n) is 8.56. The molecule has 1 amide bonds. The summed E-state index contributed by atoms with van der Waals surface area (Å²) in [5.74, 6) is -1.74. The summed E-state index contributed by atoms with van der Waals surface area (Å²) in [5, 5.41) is 10.7. The Balaban J connectivity index is 3.99. The topological polar surface area (TPSA) is 52.9 Å². The molecule has 0 aliphatic heterocycles. The quantitative estimate of drug-likeness (QED) is 0.789. The summed E-state index contributed by atoms with van der Waals surface area (Å²) in [6.45, 7) is 2.85. The summed E-state index contributed by atoms with van der Waals surface area (Å²) in [7, 11) is 0. The van der Waals surface area contributed by atoms with E-state index < -0.39 is 31.0 Å². The number of hydrogen-bond acceptors (Lipinski definition) is 2. The molecule has 1 N–H and O–H groups in total. The fraction of sp³-hybridized carbons (Fsp3) is 0.778. The lowest BCUT2D eigenvalue weighted by Crippen LogP contribution is -2.34. The average Bonchev–Trinajstić information content (AvgIpc) is 2.01. The number of nitrogens with zero attached hydrogens (tertiary/aromatic N) is 1. The number of halogens is 3. The molecule has 0 aliphatic carbocycles. The van der Waals surface area contributed by atoms with Gasteiger partial charge < -0.3 is 5.32 Å². The highest BCUT2D eigenvalue weighted by atomic mass is 19.4. The SMILES string of the molecule is CC(C)C(C#N)C(=O)NCCC(F)(F)F. The van der Waals surface area contributed by atoms with Gasteiger partial charge in [0.2, 0.25) is 5.91 Å². The Morgan fingerprint density at radius 2 is 2.00 bits per heavy atom. The van der Waals surface area contributed by atoms with Crippen molar-refractivity contribution in [1.82, 2.24) is 5.32 Å². The third-order valence-electron chi connectivity index (χ3n) is 1.80. The molecular weight excluding hydrogens is 209 g/mol. The number of nitriles is 1. The third kappa shape index (κ3) is 5.94. The van der Waals surface area contributed by atoms with E-state index >= 15 is 0 Å². The predicted molar refractivity (Wildman–Crippen MR) is 47.6 cm³/mol. The number of amides is 1. The van der Waals surface area contributed by atoms with Crippen LogP contribution in [0.4, 0.5) is 13.2 Å². The van der Waals surface area contributed by atoms with Crippen LogP contribution in [0.5, 0.6) is 0 Å². The number of hydrogen-bond donors (Lipinski definition) is 1. The van der Waals surface area contributed by atoms with Crippen LogP contribution in [0.15, 0.2) is 0 Å². The van der Waals surface area contributed by atoms with Gasteiger partial charge in [0.25, 0.3) is 0 Å². The maximum Gasteiger partial charge on any atom is 0.390 e. The Bertz CT molecular complexity index is 255. The van der Waals surface area contributed by atoms with Crippen LogP contribution in [0.2, 0.25) is 0 Å². The molecule has 0 spiro atoms. The molecule has 15 heavy (non-hydrogen) atoms. The lowest BCUT2D eigenvalue weighted by molar-refractivity contribution is -0.136. The van der Waals surface area contributed by atoms with Crippen LogP contribution < -0.4 is 5.32 Å². The second-order valence-corrected chi connectivity index (χ2v) is 3.51. The van der Waals surface area contributed by atoms with E-state index in [4.69, 9.17) is 5.26 Å². The van der Waals surface area contributed by atoms with Gasteiger partial charge in [0.15, 0.2) is 0 Å². The Hall–Kier alpha value is -1.25. The first-order valence-electron chi connectivity index (χ1n) is 4.52. The van der Waals surface area contributed by atoms with Crippen LogP contribution in [0.1, 0.15) is 20.3 Å². The summed E-state index contributed by atoms with van der Waals surface area (Å²) in [5.41, 5.74) is 0. The van der Waals surface area contributed by atoms with Crippen molar-refractivity contribution < 1.29 is 18.0 Å². The molecule has 1 unspecified atom stereocenters. The predicted octanol–water partition coefficient (Wildman–Crippen LogP) is 1.85. The molecule has 0 heterocycles. The van der Waals surface area contributed by atoms with Gasteiger partial charge in [-0.15, -0.1) is 0 Å². The van der Waals surface area contributed by atoms with Crippen molar-refractivity contribution in [3.8, 4) is 6.07 Å². The van der Waals surface area contributed by atoms with E-state index in [1.165, 1.54) is 0 Å². The van der Waals surface area contributed by atoms with Crippen LogP contribution in [0.25, 0.3) is 0 Å². The number of rotatable bonds is 4. The van der Waals surface area contributed by atoms with Gasteiger partial charge >= 0.3 is 6.18 Å². The monoisotopic (exact) mass is 222 g/mol. The lowest BCUT2D eigenvalue weighted by atomic mass is 9.97. The van der Waals surface area contributed by atoms with Gasteiger partial charge in [0, 0.05) is 6.54 Å². The molecular formula is C9H13F3N2O. The van der Waals surface area contributed by atoms with Crippen LogP contribution in [-0.4, -0.2) is 18.6 Å². The van der Waals surface area contributed by atoms with Crippen LogP contribution in [-0.2, 0) is 4.79 Å². The lowest BCUT2D eigenvalue weighted by Gasteiger charge is -2.13. The maximum atomic E-state index is 11.7. The zero-order chi connectivity index (χ0) is 12.1. The van der Waals surface area contributed by atoms with Crippen molar-refractivity contribution in [2.24, 2.45) is 11.8 Å². The second-order valence-electron chi connectivity index (χ2n) is 3.51. The molecule has 0 aromatic heterocycles. The van der Waals surface area contributed by atoms with Gasteiger partial charge in [-0.05, 0) is 5.92 Å². The van der Waals surface area contributed by atoms with Gasteiger partial charge in [0.05, 0.1) is 12.5 Å². The minimum Gasteiger partial charge on any atom is -0.355 e. The van der Waals surface area contributed by atoms with E-state index in [2.05, 4.69) is 5.32 Å². The van der Waals surface area contributed by atoms with Crippen molar-refractivity contribution in [1.29, 1.82) is 5.26 Å². The fourth-order valence-electron chi connectivity index (χ4n) is 0.948. The Morgan fingerprint density at radius 3 is 2.33 bits per heavy atom. The number of alkyl halides is 3. The van der Waals surface area contributed by atoms with Gasteiger partial charge in [0.1, 0.15) is 5.92 Å². The van der Waals surface area contributed by atoms with E-state index in [1.807, 2.05) is 0 Å². The normalized spacial score (nSPS) is 13.4. The first-order valence-corrected chi connectivity index (χ1v) is 4.52. The van der Waals surface area contributed by atoms with Crippen LogP contribution in [0.3, 0.4) is 0 Å². The van der Waals surface area contributed by atoms with Crippen molar-refractivity contribution in [3.63, 3.8) is 0 Å². The van der Waals surface area contributed by atoms with Crippen molar-refractivity contribution >= 4 is 5.91 Å². The van der Waals surface area contributed by atoms with Gasteiger partial charge in [-0.3, -0.25) is 4.79 Å². The Kier molecular flexibility index (Phi) is 5.12. The first kappa shape index (κ1) is 13.8. The molecule has 86 valence electrons. The summed E-state index contributed by atoms with van der Waals surface area (Å²) in [4.78, 5) is 11.2. The molecule has 0 aliphatic rings. The molecule has 0 radical (unpaired) electrons. The molecule has 3 nitrogen and oxygen atoms in total. The molecule has 1 atom stereocenters. The molecule has 0 aromatic rings. The van der Waals surface area contributed by atoms with Crippen molar-refractivity contribution in [2.45, 2.75) is 26.4 Å². The van der Waals surface area contributed by atoms with E-state index in [1.54, 1.807) is 19.9 Å².